The van der Waals surface area contributed by atoms with E-state index >= 15 is 0 Å². The van der Waals surface area contributed by atoms with Gasteiger partial charge in [-0.3, -0.25) is 0 Å². The lowest BCUT2D eigenvalue weighted by molar-refractivity contribution is 0.580. The van der Waals surface area contributed by atoms with Gasteiger partial charge in [0.2, 0.25) is 10.0 Å². The largest absolute Gasteiger partial charge is 0.315 e. The molecule has 0 atom stereocenters. The summed E-state index contributed by atoms with van der Waals surface area (Å²) in [6.45, 7) is 2.80. The number of nitrogens with one attached hydrogen (secondary N) is 2. The molecule has 0 spiro atoms. The zero-order chi connectivity index (χ0) is 15.5. The lowest BCUT2D eigenvalue weighted by Crippen LogP contribution is -2.27. The highest BCUT2D eigenvalue weighted by molar-refractivity contribution is 9.11. The molecule has 2 aromatic heterocycles. The molecular weight excluding hydrogens is 392 g/mol. The lowest BCUT2D eigenvalue weighted by Gasteiger charge is -2.08. The minimum absolute atomic E-state index is 0.406. The zero-order valence-corrected chi connectivity index (χ0v) is 15.8. The van der Waals surface area contributed by atoms with Crippen molar-refractivity contribution in [1.29, 1.82) is 0 Å². The highest BCUT2D eigenvalue weighted by Gasteiger charge is 2.22. The molecule has 116 valence electrons. The van der Waals surface area contributed by atoms with Crippen LogP contribution in [0.3, 0.4) is 0 Å². The normalized spacial score (nSPS) is 12.0. The smallest absolute Gasteiger partial charge is 0.241 e. The Morgan fingerprint density at radius 2 is 2.10 bits per heavy atom. The third kappa shape index (κ3) is 4.37. The van der Waals surface area contributed by atoms with E-state index in [0.717, 1.165) is 19.1 Å². The van der Waals surface area contributed by atoms with Gasteiger partial charge in [-0.25, -0.2) is 13.1 Å². The number of thiophene rings is 2. The Hall–Kier alpha value is -0.250. The molecule has 0 fully saturated rings. The number of hydrogen-bond donors (Lipinski definition) is 2. The summed E-state index contributed by atoms with van der Waals surface area (Å²) in [7, 11) is -1.64. The Balaban J connectivity index is 2.06. The maximum Gasteiger partial charge on any atom is 0.241 e. The summed E-state index contributed by atoms with van der Waals surface area (Å²) in [4.78, 5) is 2.43. The van der Waals surface area contributed by atoms with Crippen LogP contribution in [0, 0.1) is 6.92 Å². The molecule has 4 nitrogen and oxygen atoms in total. The number of rotatable bonds is 7. The molecule has 8 heteroatoms. The second-order valence-electron chi connectivity index (χ2n) is 4.55. The molecule has 2 heterocycles. The van der Waals surface area contributed by atoms with Gasteiger partial charge in [0.15, 0.2) is 0 Å². The Labute approximate surface area is 141 Å². The minimum Gasteiger partial charge on any atom is -0.315 e. The Morgan fingerprint density at radius 3 is 2.71 bits per heavy atom. The van der Waals surface area contributed by atoms with Gasteiger partial charge < -0.3 is 5.32 Å². The fraction of sp³-hybridized carbons (Fsp3) is 0.385. The standard InChI is InChI=1S/C13H17BrN2O2S3/c1-9-8-19-11(7-15-2)13(9)21(17,18)16-6-5-10-3-4-12(14)20-10/h3-4,8,15-16H,5-7H2,1-2H3. The highest BCUT2D eigenvalue weighted by Crippen LogP contribution is 2.27. The Morgan fingerprint density at radius 1 is 1.33 bits per heavy atom. The molecule has 0 radical (unpaired) electrons. The summed E-state index contributed by atoms with van der Waals surface area (Å²) in [5.41, 5.74) is 0.802. The molecule has 0 saturated carbocycles. The first kappa shape index (κ1) is 17.1. The first-order chi connectivity index (χ1) is 9.94. The monoisotopic (exact) mass is 408 g/mol. The van der Waals surface area contributed by atoms with Crippen LogP contribution >= 0.6 is 38.6 Å². The predicted molar refractivity (Wildman–Crippen MR) is 92.7 cm³/mol. The van der Waals surface area contributed by atoms with E-state index in [9.17, 15) is 8.42 Å². The summed E-state index contributed by atoms with van der Waals surface area (Å²) < 4.78 is 28.7. The van der Waals surface area contributed by atoms with Crippen LogP contribution in [-0.4, -0.2) is 22.0 Å². The number of halogens is 1. The average molecular weight is 409 g/mol. The third-order valence-electron chi connectivity index (χ3n) is 2.89. The molecular formula is C13H17BrN2O2S3. The van der Waals surface area contributed by atoms with Crippen LogP contribution in [0.1, 0.15) is 15.3 Å². The van der Waals surface area contributed by atoms with Crippen LogP contribution in [0.2, 0.25) is 0 Å². The summed E-state index contributed by atoms with van der Waals surface area (Å²) in [6, 6.07) is 3.98. The molecule has 21 heavy (non-hydrogen) atoms. The summed E-state index contributed by atoms with van der Waals surface area (Å²) >= 11 is 6.50. The van der Waals surface area contributed by atoms with Crippen molar-refractivity contribution in [3.8, 4) is 0 Å². The van der Waals surface area contributed by atoms with Gasteiger partial charge in [0.25, 0.3) is 0 Å². The van der Waals surface area contributed by atoms with Crippen LogP contribution in [-0.2, 0) is 23.0 Å². The second kappa shape index (κ2) is 7.34. The zero-order valence-electron chi connectivity index (χ0n) is 11.8. The Bertz CT molecular complexity index is 707. The first-order valence-electron chi connectivity index (χ1n) is 6.39. The van der Waals surface area contributed by atoms with E-state index in [0.29, 0.717) is 24.4 Å². The quantitative estimate of drug-likeness (QED) is 0.739. The molecule has 0 bridgehead atoms. The number of hydrogen-bond acceptors (Lipinski definition) is 5. The molecule has 0 aliphatic heterocycles. The summed E-state index contributed by atoms with van der Waals surface area (Å²) in [5.74, 6) is 0. The Kier molecular flexibility index (Phi) is 5.98. The van der Waals surface area contributed by atoms with E-state index in [-0.39, 0.29) is 0 Å². The fourth-order valence-corrected chi connectivity index (χ4v) is 6.33. The molecule has 2 rings (SSSR count). The van der Waals surface area contributed by atoms with Crippen LogP contribution in [0.25, 0.3) is 0 Å². The molecule has 0 saturated heterocycles. The second-order valence-corrected chi connectivity index (χ2v) is 9.77. The average Bonchev–Trinajstić information content (AvgIpc) is 2.97. The van der Waals surface area contributed by atoms with E-state index < -0.39 is 10.0 Å². The van der Waals surface area contributed by atoms with Crippen LogP contribution in [0.4, 0.5) is 0 Å². The van der Waals surface area contributed by atoms with Gasteiger partial charge in [0.05, 0.1) is 3.79 Å². The number of sulfonamides is 1. The molecule has 0 unspecified atom stereocenters. The van der Waals surface area contributed by atoms with Gasteiger partial charge in [-0.1, -0.05) is 0 Å². The van der Waals surface area contributed by atoms with E-state index in [1.807, 2.05) is 31.5 Å². The maximum absolute atomic E-state index is 12.5. The van der Waals surface area contributed by atoms with Crippen LogP contribution < -0.4 is 10.0 Å². The summed E-state index contributed by atoms with van der Waals surface area (Å²) in [6.07, 6.45) is 0.694. The number of aryl methyl sites for hydroxylation is 1. The molecule has 2 aromatic rings. The lowest BCUT2D eigenvalue weighted by atomic mass is 10.3. The van der Waals surface area contributed by atoms with Crippen LogP contribution in [0.15, 0.2) is 26.2 Å². The minimum atomic E-state index is -3.45. The van der Waals surface area contributed by atoms with Gasteiger partial charge in [-0.2, -0.15) is 0 Å². The van der Waals surface area contributed by atoms with Gasteiger partial charge in [0, 0.05) is 22.8 Å². The van der Waals surface area contributed by atoms with E-state index in [1.54, 1.807) is 11.3 Å². The SMILES string of the molecule is CNCc1scc(C)c1S(=O)(=O)NCCc1ccc(Br)s1. The van der Waals surface area contributed by atoms with Gasteiger partial charge >= 0.3 is 0 Å². The van der Waals surface area contributed by atoms with Crippen molar-refractivity contribution >= 4 is 48.6 Å². The van der Waals surface area contributed by atoms with Gasteiger partial charge in [0.1, 0.15) is 4.90 Å². The van der Waals surface area contributed by atoms with Crippen LogP contribution in [0.5, 0.6) is 0 Å². The van der Waals surface area contributed by atoms with Crippen molar-refractivity contribution in [1.82, 2.24) is 10.0 Å². The van der Waals surface area contributed by atoms with E-state index in [4.69, 9.17) is 0 Å². The van der Waals surface area contributed by atoms with Crippen molar-refractivity contribution in [3.63, 3.8) is 0 Å². The van der Waals surface area contributed by atoms with Crippen molar-refractivity contribution in [2.75, 3.05) is 13.6 Å². The van der Waals surface area contributed by atoms with Crippen molar-refractivity contribution in [2.24, 2.45) is 0 Å². The third-order valence-corrected chi connectivity index (χ3v) is 7.49. The first-order valence-corrected chi connectivity index (χ1v) is 10.4. The van der Waals surface area contributed by atoms with Crippen molar-refractivity contribution < 1.29 is 8.42 Å². The van der Waals surface area contributed by atoms with Crippen molar-refractivity contribution in [2.45, 2.75) is 24.8 Å². The van der Waals surface area contributed by atoms with Gasteiger partial charge in [-0.05, 0) is 59.4 Å². The van der Waals surface area contributed by atoms with E-state index in [1.165, 1.54) is 11.3 Å². The summed E-state index contributed by atoms with van der Waals surface area (Å²) in [5, 5.41) is 4.90. The molecule has 0 aliphatic carbocycles. The van der Waals surface area contributed by atoms with Gasteiger partial charge in [-0.15, -0.1) is 22.7 Å². The molecule has 2 N–H and O–H groups in total. The molecule has 0 aromatic carbocycles. The molecule has 0 amide bonds. The topological polar surface area (TPSA) is 58.2 Å². The highest BCUT2D eigenvalue weighted by atomic mass is 79.9. The van der Waals surface area contributed by atoms with E-state index in [2.05, 4.69) is 26.0 Å². The van der Waals surface area contributed by atoms with Crippen molar-refractivity contribution in [3.05, 3.63) is 36.6 Å². The maximum atomic E-state index is 12.5. The predicted octanol–water partition coefficient (Wildman–Crippen LogP) is 3.12. The molecule has 0 aliphatic rings. The fourth-order valence-electron chi connectivity index (χ4n) is 2.00.